The molecule has 0 saturated carbocycles. The van der Waals surface area contributed by atoms with E-state index in [0.29, 0.717) is 0 Å². The van der Waals surface area contributed by atoms with Crippen LogP contribution in [0.2, 0.25) is 0 Å². The molecule has 0 aromatic carbocycles. The van der Waals surface area contributed by atoms with Crippen LogP contribution in [-0.4, -0.2) is 25.2 Å². The lowest BCUT2D eigenvalue weighted by Gasteiger charge is -2.02. The second-order valence-electron chi connectivity index (χ2n) is 2.20. The van der Waals surface area contributed by atoms with Gasteiger partial charge in [-0.05, 0) is 0 Å². The van der Waals surface area contributed by atoms with Gasteiger partial charge in [0.15, 0.2) is 17.3 Å². The quantitative estimate of drug-likeness (QED) is 0.645. The Kier molecular flexibility index (Phi) is 2.79. The predicted octanol–water partition coefficient (Wildman–Crippen LogP) is 1.02. The molecule has 0 N–H and O–H groups in total. The summed E-state index contributed by atoms with van der Waals surface area (Å²) in [6.45, 7) is 0. The first-order valence-corrected chi connectivity index (χ1v) is 3.47. The van der Waals surface area contributed by atoms with E-state index in [-0.39, 0.29) is 11.4 Å². The van der Waals surface area contributed by atoms with Gasteiger partial charge in [0, 0.05) is 6.07 Å². The van der Waals surface area contributed by atoms with E-state index in [4.69, 9.17) is 0 Å². The minimum atomic E-state index is -0.679. The fourth-order valence-corrected chi connectivity index (χ4v) is 0.785. The number of hydrogen-bond donors (Lipinski definition) is 0. The number of carbonyl (C=O) groups is 1. The van der Waals surface area contributed by atoms with Crippen molar-refractivity contribution in [2.75, 3.05) is 14.2 Å². The maximum Gasteiger partial charge on any atom is 0.356 e. The van der Waals surface area contributed by atoms with Gasteiger partial charge in [-0.2, -0.15) is 0 Å². The van der Waals surface area contributed by atoms with Crippen LogP contribution in [0.25, 0.3) is 0 Å². The Labute approximate surface area is 74.3 Å². The van der Waals surface area contributed by atoms with Crippen molar-refractivity contribution in [3.63, 3.8) is 0 Å². The Morgan fingerprint density at radius 3 is 2.69 bits per heavy atom. The number of ether oxygens (including phenoxy) is 2. The highest BCUT2D eigenvalue weighted by Crippen LogP contribution is 2.15. The fourth-order valence-electron chi connectivity index (χ4n) is 0.785. The molecule has 0 aliphatic carbocycles. The van der Waals surface area contributed by atoms with Crippen LogP contribution in [0.4, 0.5) is 4.39 Å². The maximum absolute atomic E-state index is 13.0. The third kappa shape index (κ3) is 1.93. The lowest BCUT2D eigenvalue weighted by molar-refractivity contribution is 0.0593. The molecule has 0 spiro atoms. The summed E-state index contributed by atoms with van der Waals surface area (Å²) < 4.78 is 22.0. The number of carbonyl (C=O) groups excluding carboxylic acids is 1. The van der Waals surface area contributed by atoms with Gasteiger partial charge in [0.1, 0.15) is 0 Å². The topological polar surface area (TPSA) is 48.4 Å². The smallest absolute Gasteiger partial charge is 0.356 e. The van der Waals surface area contributed by atoms with Crippen LogP contribution in [0.3, 0.4) is 0 Å². The van der Waals surface area contributed by atoms with Gasteiger partial charge in [-0.25, -0.2) is 14.2 Å². The second-order valence-corrected chi connectivity index (χ2v) is 2.20. The molecule has 13 heavy (non-hydrogen) atoms. The zero-order valence-corrected chi connectivity index (χ0v) is 7.20. The molecule has 0 fully saturated rings. The number of methoxy groups -OCH3 is 2. The van der Waals surface area contributed by atoms with Gasteiger partial charge in [0.2, 0.25) is 0 Å². The summed E-state index contributed by atoms with van der Waals surface area (Å²) >= 11 is 0. The second kappa shape index (κ2) is 3.84. The zero-order chi connectivity index (χ0) is 9.84. The van der Waals surface area contributed by atoms with Gasteiger partial charge in [-0.3, -0.25) is 0 Å². The van der Waals surface area contributed by atoms with Crippen LogP contribution in [0, 0.1) is 5.82 Å². The van der Waals surface area contributed by atoms with Crippen LogP contribution in [0.5, 0.6) is 5.75 Å². The lowest BCUT2D eigenvalue weighted by Crippen LogP contribution is -2.05. The Bertz CT molecular complexity index is 327. The number of aromatic nitrogens is 1. The van der Waals surface area contributed by atoms with Crippen LogP contribution in [-0.2, 0) is 4.74 Å². The SMILES string of the molecule is COC(=O)c1cc(F)c(OC)cn1. The number of nitrogens with zero attached hydrogens (tertiary/aromatic N) is 1. The van der Waals surface area contributed by atoms with Crippen LogP contribution in [0.15, 0.2) is 12.3 Å². The van der Waals surface area contributed by atoms with Crippen molar-refractivity contribution in [2.24, 2.45) is 0 Å². The maximum atomic E-state index is 13.0. The highest BCUT2D eigenvalue weighted by atomic mass is 19.1. The molecule has 70 valence electrons. The molecule has 0 aliphatic heterocycles. The summed E-state index contributed by atoms with van der Waals surface area (Å²) in [6.07, 6.45) is 1.13. The van der Waals surface area contributed by atoms with E-state index in [0.717, 1.165) is 12.3 Å². The molecule has 0 amide bonds. The predicted molar refractivity (Wildman–Crippen MR) is 42.1 cm³/mol. The molecule has 1 rings (SSSR count). The third-order valence-electron chi connectivity index (χ3n) is 1.43. The van der Waals surface area contributed by atoms with Crippen LogP contribution in [0.1, 0.15) is 10.5 Å². The molecule has 5 heteroatoms. The monoisotopic (exact) mass is 185 g/mol. The Morgan fingerprint density at radius 2 is 2.23 bits per heavy atom. The first-order valence-electron chi connectivity index (χ1n) is 3.47. The van der Waals surface area contributed by atoms with Crippen LogP contribution < -0.4 is 4.74 Å². The van der Waals surface area contributed by atoms with Crippen molar-refractivity contribution in [3.8, 4) is 5.75 Å². The summed E-state index contributed by atoms with van der Waals surface area (Å²) in [4.78, 5) is 14.5. The number of pyridine rings is 1. The molecule has 0 bridgehead atoms. The molecule has 0 atom stereocenters. The molecule has 0 unspecified atom stereocenters. The normalized spacial score (nSPS) is 9.46. The number of esters is 1. The van der Waals surface area contributed by atoms with Crippen LogP contribution >= 0.6 is 0 Å². The molecule has 1 heterocycles. The van der Waals surface area contributed by atoms with E-state index in [1.54, 1.807) is 0 Å². The highest BCUT2D eigenvalue weighted by Gasteiger charge is 2.11. The summed E-state index contributed by atoms with van der Waals surface area (Å²) in [7, 11) is 2.52. The summed E-state index contributed by atoms with van der Waals surface area (Å²) in [5.74, 6) is -1.33. The van der Waals surface area contributed by atoms with Crippen molar-refractivity contribution >= 4 is 5.97 Å². The number of hydrogen-bond acceptors (Lipinski definition) is 4. The van der Waals surface area contributed by atoms with Gasteiger partial charge in [0.05, 0.1) is 20.4 Å². The summed E-state index contributed by atoms with van der Waals surface area (Å²) in [5, 5.41) is 0. The zero-order valence-electron chi connectivity index (χ0n) is 7.20. The minimum absolute atomic E-state index is 0.00680. The molecular formula is C8H8FNO3. The average molecular weight is 185 g/mol. The molecule has 4 nitrogen and oxygen atoms in total. The summed E-state index contributed by atoms with van der Waals surface area (Å²) in [5.41, 5.74) is -0.0826. The average Bonchev–Trinajstić information content (AvgIpc) is 2.16. The standard InChI is InChI=1S/C8H8FNO3/c1-12-7-4-10-6(3-5(7)9)8(11)13-2/h3-4H,1-2H3. The Balaban J connectivity index is 3.02. The number of rotatable bonds is 2. The van der Waals surface area contributed by atoms with E-state index >= 15 is 0 Å². The Morgan fingerprint density at radius 1 is 1.54 bits per heavy atom. The molecule has 0 aliphatic rings. The fraction of sp³-hybridized carbons (Fsp3) is 0.250. The van der Waals surface area contributed by atoms with E-state index in [2.05, 4.69) is 14.5 Å². The highest BCUT2D eigenvalue weighted by molar-refractivity contribution is 5.87. The molecule has 1 aromatic heterocycles. The first-order chi connectivity index (χ1) is 6.19. The Hall–Kier alpha value is -1.65. The van der Waals surface area contributed by atoms with Crippen molar-refractivity contribution in [2.45, 2.75) is 0 Å². The van der Waals surface area contributed by atoms with Crippen molar-refractivity contribution < 1.29 is 18.7 Å². The minimum Gasteiger partial charge on any atom is -0.492 e. The van der Waals surface area contributed by atoms with Crippen molar-refractivity contribution in [3.05, 3.63) is 23.8 Å². The number of halogens is 1. The van der Waals surface area contributed by atoms with Gasteiger partial charge < -0.3 is 9.47 Å². The van der Waals surface area contributed by atoms with E-state index in [1.807, 2.05) is 0 Å². The lowest BCUT2D eigenvalue weighted by atomic mass is 10.3. The summed E-state index contributed by atoms with van der Waals surface area (Å²) in [6, 6.07) is 0.963. The van der Waals surface area contributed by atoms with Crippen molar-refractivity contribution in [1.29, 1.82) is 0 Å². The van der Waals surface area contributed by atoms with Gasteiger partial charge in [-0.15, -0.1) is 0 Å². The van der Waals surface area contributed by atoms with Gasteiger partial charge in [0.25, 0.3) is 0 Å². The molecule has 0 saturated heterocycles. The first kappa shape index (κ1) is 9.44. The van der Waals surface area contributed by atoms with E-state index < -0.39 is 11.8 Å². The van der Waals surface area contributed by atoms with E-state index in [1.165, 1.54) is 14.2 Å². The largest absolute Gasteiger partial charge is 0.492 e. The van der Waals surface area contributed by atoms with E-state index in [9.17, 15) is 9.18 Å². The van der Waals surface area contributed by atoms with Gasteiger partial charge in [-0.1, -0.05) is 0 Å². The third-order valence-corrected chi connectivity index (χ3v) is 1.43. The molecule has 1 aromatic rings. The molecular weight excluding hydrogens is 177 g/mol. The molecule has 0 radical (unpaired) electrons. The van der Waals surface area contributed by atoms with Gasteiger partial charge >= 0.3 is 5.97 Å². The van der Waals surface area contributed by atoms with Crippen molar-refractivity contribution in [1.82, 2.24) is 4.98 Å².